The Morgan fingerprint density at radius 1 is 1.23 bits per heavy atom. The zero-order valence-corrected chi connectivity index (χ0v) is 9.76. The van der Waals surface area contributed by atoms with Crippen molar-refractivity contribution in [3.05, 3.63) is 0 Å². The molecule has 3 heteroatoms. The van der Waals surface area contributed by atoms with Crippen molar-refractivity contribution in [2.75, 3.05) is 34.4 Å². The summed E-state index contributed by atoms with van der Waals surface area (Å²) in [5, 5.41) is 0. The molecule has 0 aromatic carbocycles. The van der Waals surface area contributed by atoms with Crippen LogP contribution >= 0.6 is 0 Å². The van der Waals surface area contributed by atoms with E-state index in [0.717, 1.165) is 6.54 Å². The highest BCUT2D eigenvalue weighted by molar-refractivity contribution is 4.75. The summed E-state index contributed by atoms with van der Waals surface area (Å²) in [4.78, 5) is 2.26. The van der Waals surface area contributed by atoms with Gasteiger partial charge < -0.3 is 9.47 Å². The van der Waals surface area contributed by atoms with Crippen molar-refractivity contribution in [1.29, 1.82) is 0 Å². The Morgan fingerprint density at radius 3 is 2.08 bits per heavy atom. The zero-order chi connectivity index (χ0) is 10.5. The third kappa shape index (κ3) is 5.24. The average Bonchev–Trinajstić information content (AvgIpc) is 2.01. The van der Waals surface area contributed by atoms with Gasteiger partial charge in [-0.1, -0.05) is 0 Å². The Kier molecular flexibility index (Phi) is 5.53. The van der Waals surface area contributed by atoms with Gasteiger partial charge in [0.2, 0.25) is 0 Å². The Bertz CT molecular complexity index is 131. The minimum atomic E-state index is 0.161. The molecule has 0 saturated heterocycles. The average molecular weight is 189 g/mol. The third-order valence-corrected chi connectivity index (χ3v) is 2.31. The van der Waals surface area contributed by atoms with Crippen molar-refractivity contribution in [2.45, 2.75) is 32.4 Å². The molecular weight excluding hydrogens is 166 g/mol. The molecule has 0 bridgehead atoms. The van der Waals surface area contributed by atoms with Gasteiger partial charge in [0, 0.05) is 26.3 Å². The van der Waals surface area contributed by atoms with E-state index in [1.54, 1.807) is 14.2 Å². The zero-order valence-electron chi connectivity index (χ0n) is 9.76. The highest BCUT2D eigenvalue weighted by atomic mass is 16.5. The number of ether oxygens (including phenoxy) is 2. The predicted molar refractivity (Wildman–Crippen MR) is 55.1 cm³/mol. The fourth-order valence-electron chi connectivity index (χ4n) is 0.960. The maximum absolute atomic E-state index is 5.29. The first-order chi connectivity index (χ1) is 5.91. The lowest BCUT2D eigenvalue weighted by atomic mass is 10.1. The van der Waals surface area contributed by atoms with Crippen LogP contribution in [0.5, 0.6) is 0 Å². The number of methoxy groups -OCH3 is 2. The highest BCUT2D eigenvalue weighted by Gasteiger charge is 2.20. The van der Waals surface area contributed by atoms with E-state index < -0.39 is 0 Å². The molecule has 0 saturated carbocycles. The van der Waals surface area contributed by atoms with Crippen molar-refractivity contribution in [1.82, 2.24) is 4.90 Å². The van der Waals surface area contributed by atoms with Crippen LogP contribution in [0.2, 0.25) is 0 Å². The fourth-order valence-corrected chi connectivity index (χ4v) is 0.960. The summed E-state index contributed by atoms with van der Waals surface area (Å²) < 4.78 is 10.3. The number of nitrogens with zero attached hydrogens (tertiary/aromatic N) is 1. The molecular formula is C10H23NO2. The molecule has 0 N–H and O–H groups in total. The van der Waals surface area contributed by atoms with E-state index in [0.29, 0.717) is 6.61 Å². The van der Waals surface area contributed by atoms with E-state index in [1.165, 1.54) is 0 Å². The van der Waals surface area contributed by atoms with Crippen LogP contribution < -0.4 is 0 Å². The first-order valence-electron chi connectivity index (χ1n) is 4.64. The minimum Gasteiger partial charge on any atom is -0.382 e. The van der Waals surface area contributed by atoms with Crippen molar-refractivity contribution < 1.29 is 9.47 Å². The number of rotatable bonds is 5. The first kappa shape index (κ1) is 12.9. The molecule has 0 aliphatic carbocycles. The third-order valence-electron chi connectivity index (χ3n) is 2.31. The molecule has 0 spiro atoms. The Balaban J connectivity index is 3.93. The summed E-state index contributed by atoms with van der Waals surface area (Å²) in [6.07, 6.45) is 0.161. The molecule has 1 atom stereocenters. The van der Waals surface area contributed by atoms with Crippen LogP contribution in [0.4, 0.5) is 0 Å². The van der Waals surface area contributed by atoms with E-state index in [9.17, 15) is 0 Å². The van der Waals surface area contributed by atoms with E-state index in [1.807, 2.05) is 0 Å². The lowest BCUT2D eigenvalue weighted by molar-refractivity contribution is -0.00480. The summed E-state index contributed by atoms with van der Waals surface area (Å²) >= 11 is 0. The van der Waals surface area contributed by atoms with Crippen LogP contribution in [0.25, 0.3) is 0 Å². The lowest BCUT2D eigenvalue weighted by Gasteiger charge is -2.34. The number of hydrogen-bond donors (Lipinski definition) is 0. The molecule has 13 heavy (non-hydrogen) atoms. The van der Waals surface area contributed by atoms with Crippen LogP contribution in [0.3, 0.4) is 0 Å². The smallest absolute Gasteiger partial charge is 0.0931 e. The van der Waals surface area contributed by atoms with Gasteiger partial charge in [0.15, 0.2) is 0 Å². The van der Waals surface area contributed by atoms with Crippen molar-refractivity contribution in [3.8, 4) is 0 Å². The normalized spacial score (nSPS) is 15.0. The van der Waals surface area contributed by atoms with Gasteiger partial charge in [-0.2, -0.15) is 0 Å². The summed E-state index contributed by atoms with van der Waals surface area (Å²) in [5.74, 6) is 0. The van der Waals surface area contributed by atoms with Crippen LogP contribution in [-0.4, -0.2) is 51.0 Å². The SMILES string of the molecule is COCC(CN(C)C(C)(C)C)OC. The maximum Gasteiger partial charge on any atom is 0.0931 e. The van der Waals surface area contributed by atoms with Crippen LogP contribution in [0.15, 0.2) is 0 Å². The van der Waals surface area contributed by atoms with E-state index >= 15 is 0 Å². The summed E-state index contributed by atoms with van der Waals surface area (Å²) in [7, 11) is 5.52. The number of hydrogen-bond acceptors (Lipinski definition) is 3. The first-order valence-corrected chi connectivity index (χ1v) is 4.64. The molecule has 0 radical (unpaired) electrons. The topological polar surface area (TPSA) is 21.7 Å². The number of likely N-dealkylation sites (N-methyl/N-ethyl adjacent to an activating group) is 1. The van der Waals surface area contributed by atoms with Crippen molar-refractivity contribution in [3.63, 3.8) is 0 Å². The molecule has 0 heterocycles. The summed E-state index contributed by atoms with van der Waals surface area (Å²) in [6.45, 7) is 8.11. The highest BCUT2D eigenvalue weighted by Crippen LogP contribution is 2.11. The van der Waals surface area contributed by atoms with Crippen LogP contribution in [0.1, 0.15) is 20.8 Å². The largest absolute Gasteiger partial charge is 0.382 e. The molecule has 0 fully saturated rings. The molecule has 3 nitrogen and oxygen atoms in total. The Hall–Kier alpha value is -0.120. The second-order valence-corrected chi connectivity index (χ2v) is 4.36. The maximum atomic E-state index is 5.29. The Morgan fingerprint density at radius 2 is 1.77 bits per heavy atom. The van der Waals surface area contributed by atoms with Gasteiger partial charge in [0.05, 0.1) is 12.7 Å². The fraction of sp³-hybridized carbons (Fsp3) is 1.00. The van der Waals surface area contributed by atoms with Gasteiger partial charge in [0.25, 0.3) is 0 Å². The molecule has 80 valence electrons. The second-order valence-electron chi connectivity index (χ2n) is 4.36. The van der Waals surface area contributed by atoms with Gasteiger partial charge in [-0.25, -0.2) is 0 Å². The van der Waals surface area contributed by atoms with E-state index in [2.05, 4.69) is 32.7 Å². The molecule has 0 rings (SSSR count). The summed E-state index contributed by atoms with van der Waals surface area (Å²) in [6, 6.07) is 0. The van der Waals surface area contributed by atoms with Gasteiger partial charge in [0.1, 0.15) is 0 Å². The van der Waals surface area contributed by atoms with E-state index in [-0.39, 0.29) is 11.6 Å². The molecule has 0 aliphatic heterocycles. The standard InChI is InChI=1S/C10H23NO2/c1-10(2,3)11(4)7-9(13-6)8-12-5/h9H,7-8H2,1-6H3. The van der Waals surface area contributed by atoms with Gasteiger partial charge in [-0.15, -0.1) is 0 Å². The van der Waals surface area contributed by atoms with Gasteiger partial charge >= 0.3 is 0 Å². The predicted octanol–water partition coefficient (Wildman–Crippen LogP) is 1.38. The van der Waals surface area contributed by atoms with Gasteiger partial charge in [-0.05, 0) is 27.8 Å². The Labute approximate surface area is 82.0 Å². The quantitative estimate of drug-likeness (QED) is 0.652. The molecule has 0 aromatic heterocycles. The van der Waals surface area contributed by atoms with Crippen molar-refractivity contribution >= 4 is 0 Å². The van der Waals surface area contributed by atoms with E-state index in [4.69, 9.17) is 9.47 Å². The molecule has 1 unspecified atom stereocenters. The van der Waals surface area contributed by atoms with Crippen LogP contribution in [0, 0.1) is 0 Å². The second kappa shape index (κ2) is 5.58. The minimum absolute atomic E-state index is 0.161. The molecule has 0 amide bonds. The monoisotopic (exact) mass is 189 g/mol. The van der Waals surface area contributed by atoms with Gasteiger partial charge in [-0.3, -0.25) is 4.90 Å². The molecule has 0 aromatic rings. The van der Waals surface area contributed by atoms with Crippen LogP contribution in [-0.2, 0) is 9.47 Å². The van der Waals surface area contributed by atoms with Crippen molar-refractivity contribution in [2.24, 2.45) is 0 Å². The summed E-state index contributed by atoms with van der Waals surface area (Å²) in [5.41, 5.74) is 0.185. The lowest BCUT2D eigenvalue weighted by Crippen LogP contribution is -2.44. The molecule has 0 aliphatic rings.